The summed E-state index contributed by atoms with van der Waals surface area (Å²) in [7, 11) is 0. The Morgan fingerprint density at radius 1 is 1.23 bits per heavy atom. The average molecular weight is 300 g/mol. The van der Waals surface area contributed by atoms with Gasteiger partial charge in [-0.3, -0.25) is 9.59 Å². The van der Waals surface area contributed by atoms with Crippen molar-refractivity contribution < 1.29 is 9.90 Å². The first-order valence-corrected chi connectivity index (χ1v) is 7.11. The minimum absolute atomic E-state index is 0.0641. The third kappa shape index (κ3) is 3.83. The zero-order valence-corrected chi connectivity index (χ0v) is 12.7. The van der Waals surface area contributed by atoms with Gasteiger partial charge in [0.2, 0.25) is 5.91 Å². The topological polar surface area (TPSA) is 71.3 Å². The molecule has 5 nitrogen and oxygen atoms in total. The molecule has 0 aliphatic heterocycles. The van der Waals surface area contributed by atoms with Gasteiger partial charge in [-0.25, -0.2) is 0 Å². The summed E-state index contributed by atoms with van der Waals surface area (Å²) in [5.41, 5.74) is -0.0313. The number of carbonyl (C=O) groups is 1. The predicted octanol–water partition coefficient (Wildman–Crippen LogP) is 1.18. The van der Waals surface area contributed by atoms with Gasteiger partial charge in [0.1, 0.15) is 12.1 Å². The Morgan fingerprint density at radius 3 is 2.59 bits per heavy atom. The standard InChI is InChI=1S/C17H20N2O3/c1-13-7-6-10-19(16(13)21)11-15(20)18-12-17(2,22)14-8-4-3-5-9-14/h3-10,22H,11-12H2,1-2H3,(H,18,20). The molecule has 1 aromatic carbocycles. The van der Waals surface area contributed by atoms with Gasteiger partial charge < -0.3 is 15.0 Å². The van der Waals surface area contributed by atoms with Gasteiger partial charge in [-0.2, -0.15) is 0 Å². The van der Waals surface area contributed by atoms with Crippen LogP contribution in [0.5, 0.6) is 0 Å². The van der Waals surface area contributed by atoms with E-state index in [-0.39, 0.29) is 24.6 Å². The molecule has 0 aliphatic rings. The molecule has 0 radical (unpaired) electrons. The lowest BCUT2D eigenvalue weighted by atomic mass is 9.96. The van der Waals surface area contributed by atoms with Crippen molar-refractivity contribution in [2.75, 3.05) is 6.54 Å². The number of hydrogen-bond donors (Lipinski definition) is 2. The van der Waals surface area contributed by atoms with Crippen molar-refractivity contribution in [3.63, 3.8) is 0 Å². The molecule has 1 unspecified atom stereocenters. The van der Waals surface area contributed by atoms with E-state index in [2.05, 4.69) is 5.32 Å². The highest BCUT2D eigenvalue weighted by Crippen LogP contribution is 2.18. The molecule has 1 heterocycles. The molecular weight excluding hydrogens is 280 g/mol. The second kappa shape index (κ2) is 6.58. The van der Waals surface area contributed by atoms with Crippen molar-refractivity contribution in [2.24, 2.45) is 0 Å². The van der Waals surface area contributed by atoms with E-state index < -0.39 is 5.60 Å². The SMILES string of the molecule is Cc1cccn(CC(=O)NCC(C)(O)c2ccccc2)c1=O. The molecule has 22 heavy (non-hydrogen) atoms. The Labute approximate surface area is 129 Å². The van der Waals surface area contributed by atoms with Crippen molar-refractivity contribution in [1.29, 1.82) is 0 Å². The number of rotatable bonds is 5. The fourth-order valence-corrected chi connectivity index (χ4v) is 2.16. The Balaban J connectivity index is 1.98. The minimum atomic E-state index is -1.16. The van der Waals surface area contributed by atoms with E-state index in [0.717, 1.165) is 5.56 Å². The average Bonchev–Trinajstić information content (AvgIpc) is 2.51. The number of carbonyl (C=O) groups excluding carboxylic acids is 1. The van der Waals surface area contributed by atoms with Gasteiger partial charge in [0, 0.05) is 11.8 Å². The van der Waals surface area contributed by atoms with E-state index in [1.807, 2.05) is 18.2 Å². The first-order valence-electron chi connectivity index (χ1n) is 7.11. The number of nitrogens with one attached hydrogen (secondary N) is 1. The molecule has 0 aliphatic carbocycles. The van der Waals surface area contributed by atoms with Gasteiger partial charge in [0.25, 0.3) is 5.56 Å². The lowest BCUT2D eigenvalue weighted by Crippen LogP contribution is -2.41. The van der Waals surface area contributed by atoms with E-state index in [0.29, 0.717) is 5.56 Å². The maximum absolute atomic E-state index is 12.0. The maximum Gasteiger partial charge on any atom is 0.253 e. The molecule has 0 saturated carbocycles. The molecule has 2 N–H and O–H groups in total. The van der Waals surface area contributed by atoms with Gasteiger partial charge in [-0.05, 0) is 25.5 Å². The quantitative estimate of drug-likeness (QED) is 0.871. The molecule has 0 saturated heterocycles. The Morgan fingerprint density at radius 2 is 1.91 bits per heavy atom. The predicted molar refractivity (Wildman–Crippen MR) is 84.5 cm³/mol. The highest BCUT2D eigenvalue weighted by molar-refractivity contribution is 5.75. The van der Waals surface area contributed by atoms with Crippen molar-refractivity contribution in [3.8, 4) is 0 Å². The van der Waals surface area contributed by atoms with Gasteiger partial charge in [-0.15, -0.1) is 0 Å². The maximum atomic E-state index is 12.0. The van der Waals surface area contributed by atoms with Crippen LogP contribution in [0.1, 0.15) is 18.1 Å². The van der Waals surface area contributed by atoms with E-state index in [9.17, 15) is 14.7 Å². The third-order valence-corrected chi connectivity index (χ3v) is 3.55. The van der Waals surface area contributed by atoms with Crippen LogP contribution in [0, 0.1) is 6.92 Å². The summed E-state index contributed by atoms with van der Waals surface area (Å²) in [5, 5.41) is 13.1. The van der Waals surface area contributed by atoms with E-state index in [1.165, 1.54) is 4.57 Å². The number of pyridine rings is 1. The van der Waals surface area contributed by atoms with Crippen LogP contribution < -0.4 is 10.9 Å². The van der Waals surface area contributed by atoms with Crippen LogP contribution >= 0.6 is 0 Å². The zero-order chi connectivity index (χ0) is 16.2. The lowest BCUT2D eigenvalue weighted by Gasteiger charge is -2.24. The van der Waals surface area contributed by atoms with E-state index >= 15 is 0 Å². The van der Waals surface area contributed by atoms with Crippen LogP contribution in [-0.2, 0) is 16.9 Å². The van der Waals surface area contributed by atoms with Crippen LogP contribution in [-0.4, -0.2) is 22.1 Å². The fourth-order valence-electron chi connectivity index (χ4n) is 2.16. The molecular formula is C17H20N2O3. The van der Waals surface area contributed by atoms with Crippen LogP contribution in [0.2, 0.25) is 0 Å². The van der Waals surface area contributed by atoms with E-state index in [1.54, 1.807) is 44.3 Å². The zero-order valence-electron chi connectivity index (χ0n) is 12.7. The molecule has 1 atom stereocenters. The summed E-state index contributed by atoms with van der Waals surface area (Å²) < 4.78 is 1.35. The summed E-state index contributed by atoms with van der Waals surface area (Å²) >= 11 is 0. The summed E-state index contributed by atoms with van der Waals surface area (Å²) in [5.74, 6) is -0.316. The fraction of sp³-hybridized carbons (Fsp3) is 0.294. The van der Waals surface area contributed by atoms with Gasteiger partial charge in [0.15, 0.2) is 0 Å². The second-order valence-corrected chi connectivity index (χ2v) is 5.54. The monoisotopic (exact) mass is 300 g/mol. The normalized spacial score (nSPS) is 13.4. The molecule has 2 aromatic rings. The number of aliphatic hydroxyl groups is 1. The number of aryl methyl sites for hydroxylation is 1. The van der Waals surface area contributed by atoms with Crippen molar-refractivity contribution in [1.82, 2.24) is 9.88 Å². The first kappa shape index (κ1) is 16.0. The van der Waals surface area contributed by atoms with Gasteiger partial charge >= 0.3 is 0 Å². The van der Waals surface area contributed by atoms with Gasteiger partial charge in [-0.1, -0.05) is 36.4 Å². The number of benzene rings is 1. The Kier molecular flexibility index (Phi) is 4.78. The number of aromatic nitrogens is 1. The smallest absolute Gasteiger partial charge is 0.253 e. The minimum Gasteiger partial charge on any atom is -0.384 e. The van der Waals surface area contributed by atoms with Gasteiger partial charge in [0.05, 0.1) is 6.54 Å². The number of hydrogen-bond acceptors (Lipinski definition) is 3. The molecule has 5 heteroatoms. The van der Waals surface area contributed by atoms with Crippen molar-refractivity contribution in [3.05, 3.63) is 70.1 Å². The third-order valence-electron chi connectivity index (χ3n) is 3.55. The highest BCUT2D eigenvalue weighted by atomic mass is 16.3. The summed E-state index contributed by atoms with van der Waals surface area (Å²) in [6.45, 7) is 3.36. The first-order chi connectivity index (χ1) is 10.4. The Bertz CT molecular complexity index is 705. The van der Waals surface area contributed by atoms with Crippen molar-refractivity contribution >= 4 is 5.91 Å². The molecule has 2 rings (SSSR count). The van der Waals surface area contributed by atoms with E-state index in [4.69, 9.17) is 0 Å². The highest BCUT2D eigenvalue weighted by Gasteiger charge is 2.23. The number of nitrogens with zero attached hydrogens (tertiary/aromatic N) is 1. The van der Waals surface area contributed by atoms with Crippen molar-refractivity contribution in [2.45, 2.75) is 26.0 Å². The summed E-state index contributed by atoms with van der Waals surface area (Å²) in [6.07, 6.45) is 1.57. The molecule has 0 spiro atoms. The Hall–Kier alpha value is -2.40. The summed E-state index contributed by atoms with van der Waals surface area (Å²) in [4.78, 5) is 23.8. The van der Waals surface area contributed by atoms with Crippen LogP contribution in [0.25, 0.3) is 0 Å². The summed E-state index contributed by atoms with van der Waals surface area (Å²) in [6, 6.07) is 12.6. The largest absolute Gasteiger partial charge is 0.384 e. The molecule has 116 valence electrons. The lowest BCUT2D eigenvalue weighted by molar-refractivity contribution is -0.122. The van der Waals surface area contributed by atoms with Crippen LogP contribution in [0.3, 0.4) is 0 Å². The molecule has 0 bridgehead atoms. The number of amides is 1. The van der Waals surface area contributed by atoms with Crippen LogP contribution in [0.15, 0.2) is 53.5 Å². The molecule has 0 fully saturated rings. The van der Waals surface area contributed by atoms with Crippen LogP contribution in [0.4, 0.5) is 0 Å². The second-order valence-electron chi connectivity index (χ2n) is 5.54. The molecule has 1 amide bonds. The molecule has 1 aromatic heterocycles.